The second-order valence-corrected chi connectivity index (χ2v) is 10.7. The standard InChI is InChI=1S/C16H19N5O6S3.Na/c17-15-18-8(4-28-15)9(20-26)11(22)19-10-12(23)21-5-16(14(24)25,6-29-13(10)21)30-7-1-2-27-3-7;/h4,7,10,13,26H,1-3,5-6H2,(H2,17,18)(H,19,22)(H,24,25);/q;+1/p-1/t7?,10?,13-,16?;/m1./s1. The minimum Gasteiger partial charge on any atom is -0.549 e. The third-order valence-electron chi connectivity index (χ3n) is 5.07. The molecule has 0 aromatic carbocycles. The van der Waals surface area contributed by atoms with Gasteiger partial charge in [-0.15, -0.1) is 34.9 Å². The number of thiazole rings is 1. The van der Waals surface area contributed by atoms with Crippen LogP contribution in [0.25, 0.3) is 0 Å². The van der Waals surface area contributed by atoms with E-state index >= 15 is 0 Å². The maximum Gasteiger partial charge on any atom is 1.00 e. The van der Waals surface area contributed by atoms with E-state index in [2.05, 4.69) is 15.5 Å². The molecule has 15 heteroatoms. The van der Waals surface area contributed by atoms with Crippen LogP contribution in [0.15, 0.2) is 10.5 Å². The van der Waals surface area contributed by atoms with E-state index in [-0.39, 0.29) is 63.6 Å². The SMILES string of the molecule is Nc1nc(C(=NO)C(=O)NC2C(=O)N3CC(SC4CCOC4)(C(=O)[O-])CS[C@H]23)cs1.[Na+]. The number of aromatic nitrogens is 1. The predicted molar refractivity (Wildman–Crippen MR) is 109 cm³/mol. The molecule has 0 saturated carbocycles. The third-order valence-corrected chi connectivity index (χ3v) is 9.05. The summed E-state index contributed by atoms with van der Waals surface area (Å²) in [5.41, 5.74) is 5.29. The van der Waals surface area contributed by atoms with Gasteiger partial charge in [-0.1, -0.05) is 5.16 Å². The van der Waals surface area contributed by atoms with Gasteiger partial charge in [0.2, 0.25) is 5.91 Å². The van der Waals surface area contributed by atoms with Crippen LogP contribution in [0.5, 0.6) is 0 Å². The van der Waals surface area contributed by atoms with Gasteiger partial charge >= 0.3 is 29.6 Å². The molecule has 162 valence electrons. The van der Waals surface area contributed by atoms with Gasteiger partial charge in [0, 0.05) is 29.5 Å². The largest absolute Gasteiger partial charge is 1.00 e. The van der Waals surface area contributed by atoms with Gasteiger partial charge < -0.3 is 35.8 Å². The van der Waals surface area contributed by atoms with Crippen molar-refractivity contribution in [2.75, 3.05) is 31.2 Å². The summed E-state index contributed by atoms with van der Waals surface area (Å²) in [5, 5.41) is 28.0. The molecule has 3 saturated heterocycles. The van der Waals surface area contributed by atoms with Crippen LogP contribution in [0.3, 0.4) is 0 Å². The minimum atomic E-state index is -1.22. The number of oxime groups is 1. The Morgan fingerprint density at radius 1 is 1.52 bits per heavy atom. The van der Waals surface area contributed by atoms with Gasteiger partial charge in [-0.2, -0.15) is 0 Å². The molecule has 4 atom stereocenters. The number of carbonyl (C=O) groups excluding carboxylic acids is 3. The average Bonchev–Trinajstić information content (AvgIpc) is 3.38. The number of hydrogen-bond acceptors (Lipinski definition) is 12. The smallest absolute Gasteiger partial charge is 0.549 e. The predicted octanol–water partition coefficient (Wildman–Crippen LogP) is -4.68. The van der Waals surface area contributed by atoms with Gasteiger partial charge in [-0.3, -0.25) is 9.59 Å². The number of aliphatic carboxylic acids is 1. The van der Waals surface area contributed by atoms with Crippen molar-refractivity contribution in [1.29, 1.82) is 0 Å². The maximum absolute atomic E-state index is 12.6. The second kappa shape index (κ2) is 9.85. The van der Waals surface area contributed by atoms with Crippen LogP contribution < -0.4 is 45.7 Å². The van der Waals surface area contributed by atoms with Gasteiger partial charge in [0.05, 0.1) is 17.3 Å². The summed E-state index contributed by atoms with van der Waals surface area (Å²) in [7, 11) is 0. The molecule has 0 bridgehead atoms. The summed E-state index contributed by atoms with van der Waals surface area (Å²) in [6, 6.07) is -0.852. The van der Waals surface area contributed by atoms with Crippen LogP contribution >= 0.6 is 34.9 Å². The summed E-state index contributed by atoms with van der Waals surface area (Å²) in [4.78, 5) is 42.4. The van der Waals surface area contributed by atoms with E-state index in [1.54, 1.807) is 0 Å². The Hall–Kier alpha value is -1.03. The molecule has 2 amide bonds. The Kier molecular flexibility index (Phi) is 7.82. The molecule has 4 N–H and O–H groups in total. The minimum absolute atomic E-state index is 0. The van der Waals surface area contributed by atoms with E-state index in [0.717, 1.165) is 17.8 Å². The first-order valence-corrected chi connectivity index (χ1v) is 11.8. The number of fused-ring (bicyclic) bond motifs is 1. The zero-order valence-corrected chi connectivity index (χ0v) is 20.9. The maximum atomic E-state index is 12.6. The summed E-state index contributed by atoms with van der Waals surface area (Å²) in [5.74, 6) is -2.14. The number of thioether (sulfide) groups is 2. The molecule has 11 nitrogen and oxygen atoms in total. The summed E-state index contributed by atoms with van der Waals surface area (Å²) < 4.78 is 4.10. The molecule has 1 aromatic rings. The van der Waals surface area contributed by atoms with Crippen LogP contribution in [-0.4, -0.2) is 85.5 Å². The molecule has 3 unspecified atom stereocenters. The van der Waals surface area contributed by atoms with Crippen LogP contribution in [0.2, 0.25) is 0 Å². The number of β-lactam (4-membered cyclic amide) rings is 1. The summed E-state index contributed by atoms with van der Waals surface area (Å²) >= 11 is 3.65. The normalized spacial score (nSPS) is 30.2. The number of carbonyl (C=O) groups is 3. The zero-order chi connectivity index (χ0) is 21.5. The van der Waals surface area contributed by atoms with Gasteiger partial charge in [0.15, 0.2) is 10.8 Å². The molecule has 31 heavy (non-hydrogen) atoms. The molecule has 1 aromatic heterocycles. The fourth-order valence-electron chi connectivity index (χ4n) is 3.54. The molecular weight excluding hydrogens is 477 g/mol. The molecule has 0 spiro atoms. The van der Waals surface area contributed by atoms with E-state index in [4.69, 9.17) is 10.5 Å². The first kappa shape index (κ1) is 24.6. The number of rotatable bonds is 6. The van der Waals surface area contributed by atoms with Crippen LogP contribution in [-0.2, 0) is 19.1 Å². The van der Waals surface area contributed by atoms with E-state index in [9.17, 15) is 24.7 Å². The number of nitrogens with two attached hydrogens (primary N) is 1. The van der Waals surface area contributed by atoms with Gasteiger partial charge in [0.1, 0.15) is 17.1 Å². The first-order chi connectivity index (χ1) is 14.3. The molecule has 3 aliphatic rings. The number of ether oxygens (including phenoxy) is 1. The van der Waals surface area contributed by atoms with E-state index in [1.807, 2.05) is 0 Å². The third kappa shape index (κ3) is 4.70. The fourth-order valence-corrected chi connectivity index (χ4v) is 7.27. The van der Waals surface area contributed by atoms with Crippen molar-refractivity contribution in [3.8, 4) is 0 Å². The van der Waals surface area contributed by atoms with E-state index in [1.165, 1.54) is 33.8 Å². The Balaban J connectivity index is 0.00000272. The van der Waals surface area contributed by atoms with E-state index in [0.29, 0.717) is 13.2 Å². The average molecular weight is 496 g/mol. The number of nitrogens with zero attached hydrogens (tertiary/aromatic N) is 3. The van der Waals surface area contributed by atoms with Gasteiger partial charge in [-0.25, -0.2) is 4.98 Å². The molecule has 0 aliphatic carbocycles. The number of amides is 2. The van der Waals surface area contributed by atoms with Crippen molar-refractivity contribution >= 4 is 63.5 Å². The number of nitrogen functional groups attached to an aromatic ring is 1. The van der Waals surface area contributed by atoms with Crippen molar-refractivity contribution in [3.05, 3.63) is 11.1 Å². The van der Waals surface area contributed by atoms with Crippen LogP contribution in [0.4, 0.5) is 5.13 Å². The monoisotopic (exact) mass is 495 g/mol. The molecule has 3 aliphatic heterocycles. The quantitative estimate of drug-likeness (QED) is 0.115. The molecule has 4 heterocycles. The topological polar surface area (TPSA) is 170 Å². The van der Waals surface area contributed by atoms with Crippen molar-refractivity contribution in [2.45, 2.75) is 27.8 Å². The van der Waals surface area contributed by atoms with Crippen molar-refractivity contribution in [2.24, 2.45) is 5.16 Å². The summed E-state index contributed by atoms with van der Waals surface area (Å²) in [6.45, 7) is 1.07. The number of carboxylic acid groups (broad SMARTS) is 1. The van der Waals surface area contributed by atoms with Crippen molar-refractivity contribution in [1.82, 2.24) is 15.2 Å². The van der Waals surface area contributed by atoms with Gasteiger partial charge in [0.25, 0.3) is 5.91 Å². The van der Waals surface area contributed by atoms with Crippen molar-refractivity contribution in [3.63, 3.8) is 0 Å². The molecule has 3 fully saturated rings. The Bertz CT molecular complexity index is 910. The van der Waals surface area contributed by atoms with Crippen molar-refractivity contribution < 1.29 is 59.0 Å². The number of carboxylic acids is 1. The molecule has 0 radical (unpaired) electrons. The summed E-state index contributed by atoms with van der Waals surface area (Å²) in [6.07, 6.45) is 0.755. The van der Waals surface area contributed by atoms with Gasteiger partial charge in [-0.05, 0) is 6.42 Å². The fraction of sp³-hybridized carbons (Fsp3) is 0.562. The Labute approximate surface area is 211 Å². The number of nitrogens with one attached hydrogen (secondary N) is 1. The Morgan fingerprint density at radius 2 is 2.29 bits per heavy atom. The molecule has 4 rings (SSSR count). The Morgan fingerprint density at radius 3 is 2.87 bits per heavy atom. The van der Waals surface area contributed by atoms with E-state index < -0.39 is 33.9 Å². The number of hydrogen-bond donors (Lipinski definition) is 3. The molecular formula is C16H18N5NaO6S3. The zero-order valence-electron chi connectivity index (χ0n) is 16.5. The van der Waals surface area contributed by atoms with Crippen LogP contribution in [0.1, 0.15) is 12.1 Å². The second-order valence-electron chi connectivity index (χ2n) is 7.02. The number of anilines is 1. The first-order valence-electron chi connectivity index (χ1n) is 8.98. The van der Waals surface area contributed by atoms with Crippen LogP contribution in [0, 0.1) is 0 Å².